The van der Waals surface area contributed by atoms with Gasteiger partial charge in [0.15, 0.2) is 5.96 Å². The van der Waals surface area contributed by atoms with Crippen LogP contribution < -0.4 is 5.32 Å². The topological polar surface area (TPSA) is 65.8 Å². The molecule has 0 saturated carbocycles. The number of carbonyl (C=O) groups excluding carboxylic acids is 1. The van der Waals surface area contributed by atoms with E-state index in [1.807, 2.05) is 60.1 Å². The van der Waals surface area contributed by atoms with Crippen molar-refractivity contribution in [1.82, 2.24) is 24.9 Å². The third kappa shape index (κ3) is 6.45. The minimum Gasteiger partial charge on any atom is -0.357 e. The molecule has 8 heteroatoms. The number of nitrogens with zero attached hydrogens (tertiary/aromatic N) is 5. The Balaban J connectivity index is 0.00000320. The molecular weight excluding hydrogens is 491 g/mol. The summed E-state index contributed by atoms with van der Waals surface area (Å²) in [6.07, 6.45) is 5.11. The Morgan fingerprint density at radius 2 is 2.07 bits per heavy atom. The average molecular weight is 524 g/mol. The lowest BCUT2D eigenvalue weighted by atomic mass is 10.0. The maximum atomic E-state index is 12.8. The van der Waals surface area contributed by atoms with Gasteiger partial charge in [0, 0.05) is 51.9 Å². The number of likely N-dealkylation sites (tertiary alicyclic amines) is 1. The lowest BCUT2D eigenvalue weighted by Gasteiger charge is -2.23. The minimum atomic E-state index is 0. The average Bonchev–Trinajstić information content (AvgIpc) is 3.39. The highest BCUT2D eigenvalue weighted by atomic mass is 127. The first-order valence-corrected chi connectivity index (χ1v) is 10.4. The van der Waals surface area contributed by atoms with Gasteiger partial charge in [-0.25, -0.2) is 4.99 Å². The lowest BCUT2D eigenvalue weighted by Crippen LogP contribution is -2.41. The van der Waals surface area contributed by atoms with Crippen LogP contribution in [0.15, 0.2) is 47.7 Å². The number of aryl methyl sites for hydroxylation is 1. The number of carbonyl (C=O) groups is 1. The van der Waals surface area contributed by atoms with Crippen LogP contribution in [0.4, 0.5) is 0 Å². The third-order valence-electron chi connectivity index (χ3n) is 5.33. The number of aliphatic imine (C=N–C) groups is 1. The number of amides is 1. The summed E-state index contributed by atoms with van der Waals surface area (Å²) in [5, 5.41) is 7.64. The molecule has 2 aromatic rings. The molecular formula is C22H33IN6O. The number of likely N-dealkylation sites (N-methyl/N-ethyl adjacent to an activating group) is 1. The number of aromatic nitrogens is 2. The fraction of sp³-hybridized carbons (Fsp3) is 0.500. The first-order chi connectivity index (χ1) is 14.1. The quantitative estimate of drug-likeness (QED) is 0.344. The van der Waals surface area contributed by atoms with E-state index in [-0.39, 0.29) is 36.4 Å². The van der Waals surface area contributed by atoms with Crippen LogP contribution in [0.25, 0.3) is 0 Å². The molecule has 0 aliphatic carbocycles. The van der Waals surface area contributed by atoms with E-state index < -0.39 is 0 Å². The number of benzene rings is 1. The molecule has 1 aromatic heterocycles. The van der Waals surface area contributed by atoms with E-state index in [0.29, 0.717) is 19.0 Å². The summed E-state index contributed by atoms with van der Waals surface area (Å²) in [5.74, 6) is 1.33. The van der Waals surface area contributed by atoms with Crippen molar-refractivity contribution in [1.29, 1.82) is 0 Å². The Hall–Kier alpha value is -2.10. The van der Waals surface area contributed by atoms with Crippen LogP contribution in [-0.2, 0) is 18.4 Å². The van der Waals surface area contributed by atoms with Gasteiger partial charge in [-0.1, -0.05) is 30.3 Å². The monoisotopic (exact) mass is 524 g/mol. The van der Waals surface area contributed by atoms with Gasteiger partial charge in [0.05, 0.1) is 6.20 Å². The summed E-state index contributed by atoms with van der Waals surface area (Å²) >= 11 is 0. The Morgan fingerprint density at radius 1 is 1.30 bits per heavy atom. The lowest BCUT2D eigenvalue weighted by molar-refractivity contribution is -0.130. The Kier molecular flexibility index (Phi) is 9.61. The first-order valence-electron chi connectivity index (χ1n) is 10.4. The molecule has 1 amide bonds. The van der Waals surface area contributed by atoms with Crippen molar-refractivity contribution in [3.63, 3.8) is 0 Å². The molecule has 2 heterocycles. The van der Waals surface area contributed by atoms with Crippen LogP contribution in [0.1, 0.15) is 37.3 Å². The van der Waals surface area contributed by atoms with Gasteiger partial charge in [-0.15, -0.1) is 24.0 Å². The number of nitrogens with one attached hydrogen (secondary N) is 1. The van der Waals surface area contributed by atoms with Crippen molar-refractivity contribution in [3.8, 4) is 0 Å². The molecule has 1 N–H and O–H groups in total. The fourth-order valence-electron chi connectivity index (χ4n) is 3.72. The summed E-state index contributed by atoms with van der Waals surface area (Å²) in [6, 6.07) is 10.1. The largest absolute Gasteiger partial charge is 0.357 e. The SMILES string of the molecule is CCNC(=NCC(=O)N(CC)Cc1ccccc1)N1CCC(c2cnn(C)c2)C1.I. The zero-order valence-corrected chi connectivity index (χ0v) is 20.5. The van der Waals surface area contributed by atoms with Crippen LogP contribution in [0.3, 0.4) is 0 Å². The molecule has 1 atom stereocenters. The Morgan fingerprint density at radius 3 is 2.70 bits per heavy atom. The van der Waals surface area contributed by atoms with Crippen molar-refractivity contribution in [2.24, 2.45) is 12.0 Å². The summed E-state index contributed by atoms with van der Waals surface area (Å²) in [6.45, 7) is 8.13. The minimum absolute atomic E-state index is 0. The van der Waals surface area contributed by atoms with Gasteiger partial charge in [-0.3, -0.25) is 9.48 Å². The maximum Gasteiger partial charge on any atom is 0.244 e. The normalized spacial score (nSPS) is 16.3. The number of rotatable bonds is 7. The van der Waals surface area contributed by atoms with Gasteiger partial charge >= 0.3 is 0 Å². The second-order valence-electron chi connectivity index (χ2n) is 7.44. The molecule has 1 fully saturated rings. The molecule has 1 saturated heterocycles. The zero-order chi connectivity index (χ0) is 20.6. The van der Waals surface area contributed by atoms with Crippen LogP contribution in [-0.4, -0.2) is 64.2 Å². The molecule has 3 rings (SSSR count). The molecule has 30 heavy (non-hydrogen) atoms. The van der Waals surface area contributed by atoms with Crippen molar-refractivity contribution >= 4 is 35.8 Å². The van der Waals surface area contributed by atoms with E-state index in [2.05, 4.69) is 33.4 Å². The maximum absolute atomic E-state index is 12.8. The third-order valence-corrected chi connectivity index (χ3v) is 5.33. The summed E-state index contributed by atoms with van der Waals surface area (Å²) < 4.78 is 1.85. The van der Waals surface area contributed by atoms with Gasteiger partial charge in [0.1, 0.15) is 6.54 Å². The smallest absolute Gasteiger partial charge is 0.244 e. The molecule has 0 bridgehead atoms. The molecule has 0 radical (unpaired) electrons. The predicted octanol–water partition coefficient (Wildman–Crippen LogP) is 2.84. The van der Waals surface area contributed by atoms with Crippen molar-refractivity contribution < 1.29 is 4.79 Å². The molecule has 164 valence electrons. The van der Waals surface area contributed by atoms with Crippen LogP contribution >= 0.6 is 24.0 Å². The second-order valence-corrected chi connectivity index (χ2v) is 7.44. The van der Waals surface area contributed by atoms with Crippen LogP contribution in [0.2, 0.25) is 0 Å². The molecule has 1 unspecified atom stereocenters. The van der Waals surface area contributed by atoms with Crippen molar-refractivity contribution in [2.75, 3.05) is 32.7 Å². The molecule has 1 aliphatic rings. The zero-order valence-electron chi connectivity index (χ0n) is 18.1. The standard InChI is InChI=1S/C22H32N6O.HI/c1-4-23-22(28-12-11-19(17-28)20-13-25-26(3)16-20)24-14-21(29)27(5-2)15-18-9-7-6-8-10-18;/h6-10,13,16,19H,4-5,11-12,14-15,17H2,1-3H3,(H,23,24);1H. The van der Waals surface area contributed by atoms with Crippen LogP contribution in [0.5, 0.6) is 0 Å². The summed E-state index contributed by atoms with van der Waals surface area (Å²) in [7, 11) is 1.95. The molecule has 1 aromatic carbocycles. The second kappa shape index (κ2) is 11.9. The molecule has 7 nitrogen and oxygen atoms in total. The number of hydrogen-bond acceptors (Lipinski definition) is 3. The highest BCUT2D eigenvalue weighted by molar-refractivity contribution is 14.0. The van der Waals surface area contributed by atoms with E-state index in [9.17, 15) is 4.79 Å². The van der Waals surface area contributed by atoms with Crippen LogP contribution in [0, 0.1) is 0 Å². The summed E-state index contributed by atoms with van der Waals surface area (Å²) in [4.78, 5) is 21.5. The highest BCUT2D eigenvalue weighted by Gasteiger charge is 2.27. The van der Waals surface area contributed by atoms with Gasteiger partial charge < -0.3 is 15.1 Å². The van der Waals surface area contributed by atoms with E-state index in [0.717, 1.165) is 37.6 Å². The number of guanidine groups is 1. The molecule has 0 spiro atoms. The highest BCUT2D eigenvalue weighted by Crippen LogP contribution is 2.26. The van der Waals surface area contributed by atoms with E-state index in [1.54, 1.807) is 0 Å². The van der Waals surface area contributed by atoms with E-state index in [4.69, 9.17) is 0 Å². The van der Waals surface area contributed by atoms with E-state index >= 15 is 0 Å². The summed E-state index contributed by atoms with van der Waals surface area (Å²) in [5.41, 5.74) is 2.40. The van der Waals surface area contributed by atoms with Crippen molar-refractivity contribution in [2.45, 2.75) is 32.7 Å². The fourth-order valence-corrected chi connectivity index (χ4v) is 3.72. The Labute approximate surface area is 196 Å². The number of halogens is 1. The Bertz CT molecular complexity index is 822. The predicted molar refractivity (Wildman–Crippen MR) is 131 cm³/mol. The molecule has 1 aliphatic heterocycles. The van der Waals surface area contributed by atoms with Gasteiger partial charge in [-0.2, -0.15) is 5.10 Å². The number of hydrogen-bond donors (Lipinski definition) is 1. The van der Waals surface area contributed by atoms with Crippen molar-refractivity contribution in [3.05, 3.63) is 53.9 Å². The van der Waals surface area contributed by atoms with Gasteiger partial charge in [-0.05, 0) is 31.4 Å². The van der Waals surface area contributed by atoms with E-state index in [1.165, 1.54) is 5.56 Å². The van der Waals surface area contributed by atoms with Gasteiger partial charge in [0.2, 0.25) is 5.91 Å². The first kappa shape index (κ1) is 24.2. The van der Waals surface area contributed by atoms with Gasteiger partial charge in [0.25, 0.3) is 0 Å².